The predicted molar refractivity (Wildman–Crippen MR) is 45.8 cm³/mol. The number of anilines is 1. The first-order valence-electron chi connectivity index (χ1n) is 3.71. The molecule has 0 aliphatic heterocycles. The molecule has 0 heterocycles. The van der Waals surface area contributed by atoms with Gasteiger partial charge in [0.2, 0.25) is 0 Å². The second-order valence-corrected chi connectivity index (χ2v) is 2.55. The molecule has 0 aliphatic rings. The van der Waals surface area contributed by atoms with Crippen molar-refractivity contribution in [1.29, 1.82) is 0 Å². The number of benzene rings is 1. The Bertz CT molecular complexity index is 325. The Kier molecular flexibility index (Phi) is 2.85. The number of rotatable bonds is 2. The molecule has 1 aromatic rings. The Labute approximate surface area is 78.6 Å². The van der Waals surface area contributed by atoms with Crippen LogP contribution in [0.15, 0.2) is 18.2 Å². The highest BCUT2D eigenvalue weighted by Crippen LogP contribution is 2.36. The standard InChI is InChI=1S/C8H9F3N2O/c1-14-5-2-3-7(13-12)6(4-5)8(9,10)11/h2-4,13H,12H2,1H3. The quantitative estimate of drug-likeness (QED) is 0.574. The first-order chi connectivity index (χ1) is 6.49. The fourth-order valence-electron chi connectivity index (χ4n) is 1.01. The molecular weight excluding hydrogens is 197 g/mol. The largest absolute Gasteiger partial charge is 0.497 e. The molecule has 1 rings (SSSR count). The Morgan fingerprint density at radius 1 is 1.36 bits per heavy atom. The summed E-state index contributed by atoms with van der Waals surface area (Å²) < 4.78 is 41.9. The molecule has 0 fully saturated rings. The summed E-state index contributed by atoms with van der Waals surface area (Å²) in [4.78, 5) is 0. The normalized spacial score (nSPS) is 11.2. The monoisotopic (exact) mass is 206 g/mol. The first kappa shape index (κ1) is 10.6. The topological polar surface area (TPSA) is 47.3 Å². The number of nitrogens with two attached hydrogens (primary N) is 1. The number of hydrogen-bond acceptors (Lipinski definition) is 3. The van der Waals surface area contributed by atoms with E-state index in [1.807, 2.05) is 5.43 Å². The summed E-state index contributed by atoms with van der Waals surface area (Å²) >= 11 is 0. The van der Waals surface area contributed by atoms with Crippen molar-refractivity contribution in [2.75, 3.05) is 12.5 Å². The molecule has 0 unspecified atom stereocenters. The van der Waals surface area contributed by atoms with Crippen molar-refractivity contribution in [2.24, 2.45) is 5.84 Å². The summed E-state index contributed by atoms with van der Waals surface area (Å²) in [5, 5.41) is 0. The number of halogens is 3. The second-order valence-electron chi connectivity index (χ2n) is 2.55. The molecule has 0 saturated heterocycles. The smallest absolute Gasteiger partial charge is 0.418 e. The molecule has 0 amide bonds. The van der Waals surface area contributed by atoms with Crippen LogP contribution in [0, 0.1) is 0 Å². The van der Waals surface area contributed by atoms with E-state index < -0.39 is 11.7 Å². The highest BCUT2D eigenvalue weighted by atomic mass is 19.4. The Balaban J connectivity index is 3.22. The van der Waals surface area contributed by atoms with Gasteiger partial charge in [0.1, 0.15) is 5.75 Å². The van der Waals surface area contributed by atoms with Gasteiger partial charge in [0.05, 0.1) is 18.4 Å². The molecule has 3 nitrogen and oxygen atoms in total. The van der Waals surface area contributed by atoms with E-state index in [1.54, 1.807) is 0 Å². The third-order valence-corrected chi connectivity index (χ3v) is 1.69. The Hall–Kier alpha value is -1.43. The van der Waals surface area contributed by atoms with Gasteiger partial charge in [-0.25, -0.2) is 0 Å². The molecule has 78 valence electrons. The van der Waals surface area contributed by atoms with E-state index in [2.05, 4.69) is 4.74 Å². The van der Waals surface area contributed by atoms with Crippen LogP contribution in [0.25, 0.3) is 0 Å². The van der Waals surface area contributed by atoms with Gasteiger partial charge in [-0.1, -0.05) is 0 Å². The number of nitrogens with one attached hydrogen (secondary N) is 1. The zero-order chi connectivity index (χ0) is 10.8. The van der Waals surface area contributed by atoms with Gasteiger partial charge in [-0.05, 0) is 18.2 Å². The molecule has 0 atom stereocenters. The van der Waals surface area contributed by atoms with Gasteiger partial charge >= 0.3 is 6.18 Å². The lowest BCUT2D eigenvalue weighted by Gasteiger charge is -2.13. The number of alkyl halides is 3. The molecular formula is C8H9F3N2O. The minimum atomic E-state index is -4.45. The zero-order valence-corrected chi connectivity index (χ0v) is 7.35. The van der Waals surface area contributed by atoms with Crippen LogP contribution in [0.4, 0.5) is 18.9 Å². The summed E-state index contributed by atoms with van der Waals surface area (Å²) in [5.41, 5.74) is 0.948. The van der Waals surface area contributed by atoms with Gasteiger partial charge in [0.25, 0.3) is 0 Å². The molecule has 0 aliphatic carbocycles. The molecule has 6 heteroatoms. The van der Waals surface area contributed by atoms with Crippen LogP contribution in [0.1, 0.15) is 5.56 Å². The number of ether oxygens (including phenoxy) is 1. The highest BCUT2D eigenvalue weighted by molar-refractivity contribution is 5.54. The van der Waals surface area contributed by atoms with Crippen molar-refractivity contribution in [3.8, 4) is 5.75 Å². The van der Waals surface area contributed by atoms with Gasteiger partial charge in [-0.3, -0.25) is 5.84 Å². The lowest BCUT2D eigenvalue weighted by Crippen LogP contribution is -2.14. The third-order valence-electron chi connectivity index (χ3n) is 1.69. The maximum Gasteiger partial charge on any atom is 0.418 e. The van der Waals surface area contributed by atoms with Gasteiger partial charge in [0.15, 0.2) is 0 Å². The third kappa shape index (κ3) is 2.08. The first-order valence-corrected chi connectivity index (χ1v) is 3.71. The molecule has 0 saturated carbocycles. The minimum Gasteiger partial charge on any atom is -0.497 e. The maximum absolute atomic E-state index is 12.4. The van der Waals surface area contributed by atoms with Crippen molar-refractivity contribution < 1.29 is 17.9 Å². The van der Waals surface area contributed by atoms with Gasteiger partial charge in [-0.2, -0.15) is 13.2 Å². The van der Waals surface area contributed by atoms with E-state index in [4.69, 9.17) is 5.84 Å². The Morgan fingerprint density at radius 3 is 2.43 bits per heavy atom. The summed E-state index contributed by atoms with van der Waals surface area (Å²) in [6.45, 7) is 0. The lowest BCUT2D eigenvalue weighted by atomic mass is 10.1. The summed E-state index contributed by atoms with van der Waals surface area (Å²) in [6, 6.07) is 3.49. The number of methoxy groups -OCH3 is 1. The van der Waals surface area contributed by atoms with E-state index in [0.29, 0.717) is 0 Å². The van der Waals surface area contributed by atoms with Crippen LogP contribution in [-0.2, 0) is 6.18 Å². The maximum atomic E-state index is 12.4. The van der Waals surface area contributed by atoms with Gasteiger partial charge in [0, 0.05) is 0 Å². The molecule has 0 bridgehead atoms. The van der Waals surface area contributed by atoms with Crippen LogP contribution >= 0.6 is 0 Å². The molecule has 0 radical (unpaired) electrons. The second kappa shape index (κ2) is 3.75. The summed E-state index contributed by atoms with van der Waals surface area (Å²) in [6.07, 6.45) is -4.45. The van der Waals surface area contributed by atoms with Crippen LogP contribution < -0.4 is 16.0 Å². The SMILES string of the molecule is COc1ccc(NN)c(C(F)(F)F)c1. The van der Waals surface area contributed by atoms with E-state index in [-0.39, 0.29) is 11.4 Å². The fraction of sp³-hybridized carbons (Fsp3) is 0.250. The molecule has 3 N–H and O–H groups in total. The molecule has 0 aromatic heterocycles. The van der Waals surface area contributed by atoms with Crippen LogP contribution in [0.3, 0.4) is 0 Å². The van der Waals surface area contributed by atoms with Crippen molar-refractivity contribution in [2.45, 2.75) is 6.18 Å². The predicted octanol–water partition coefficient (Wildman–Crippen LogP) is 2.00. The summed E-state index contributed by atoms with van der Waals surface area (Å²) in [5.74, 6) is 5.08. The summed E-state index contributed by atoms with van der Waals surface area (Å²) in [7, 11) is 1.30. The molecule has 1 aromatic carbocycles. The molecule has 0 spiro atoms. The zero-order valence-electron chi connectivity index (χ0n) is 7.35. The van der Waals surface area contributed by atoms with Gasteiger partial charge < -0.3 is 10.2 Å². The van der Waals surface area contributed by atoms with Crippen LogP contribution in [-0.4, -0.2) is 7.11 Å². The average molecular weight is 206 g/mol. The minimum absolute atomic E-state index is 0.135. The van der Waals surface area contributed by atoms with E-state index in [1.165, 1.54) is 19.2 Å². The van der Waals surface area contributed by atoms with Crippen molar-refractivity contribution in [1.82, 2.24) is 0 Å². The Morgan fingerprint density at radius 2 is 2.00 bits per heavy atom. The number of hydrazine groups is 1. The van der Waals surface area contributed by atoms with E-state index in [0.717, 1.165) is 6.07 Å². The van der Waals surface area contributed by atoms with Gasteiger partial charge in [-0.15, -0.1) is 0 Å². The van der Waals surface area contributed by atoms with Crippen LogP contribution in [0.2, 0.25) is 0 Å². The molecule has 14 heavy (non-hydrogen) atoms. The van der Waals surface area contributed by atoms with Crippen molar-refractivity contribution >= 4 is 5.69 Å². The van der Waals surface area contributed by atoms with Crippen LogP contribution in [0.5, 0.6) is 5.75 Å². The average Bonchev–Trinajstić information content (AvgIpc) is 2.15. The van der Waals surface area contributed by atoms with Crippen molar-refractivity contribution in [3.63, 3.8) is 0 Å². The number of nitrogen functional groups attached to an aromatic ring is 1. The van der Waals surface area contributed by atoms with E-state index in [9.17, 15) is 13.2 Å². The fourth-order valence-corrected chi connectivity index (χ4v) is 1.01. The highest BCUT2D eigenvalue weighted by Gasteiger charge is 2.33. The van der Waals surface area contributed by atoms with E-state index >= 15 is 0 Å². The number of hydrogen-bond donors (Lipinski definition) is 2. The lowest BCUT2D eigenvalue weighted by molar-refractivity contribution is -0.137. The van der Waals surface area contributed by atoms with Crippen molar-refractivity contribution in [3.05, 3.63) is 23.8 Å².